The fraction of sp³-hybridized carbons (Fsp3) is 0.812. The molecule has 0 aromatic rings. The van der Waals surface area contributed by atoms with E-state index in [1.165, 1.54) is 12.8 Å². The van der Waals surface area contributed by atoms with E-state index in [0.717, 1.165) is 24.6 Å². The van der Waals surface area contributed by atoms with Crippen LogP contribution < -0.4 is 0 Å². The number of aliphatic imine (C=N–C) groups is 1. The highest BCUT2D eigenvalue weighted by Crippen LogP contribution is 2.16. The van der Waals surface area contributed by atoms with Gasteiger partial charge in [0.2, 0.25) is 0 Å². The lowest BCUT2D eigenvalue weighted by molar-refractivity contribution is -0.133. The van der Waals surface area contributed by atoms with Gasteiger partial charge in [0.15, 0.2) is 0 Å². The van der Waals surface area contributed by atoms with Crippen molar-refractivity contribution in [1.29, 1.82) is 0 Å². The molecule has 1 unspecified atom stereocenters. The maximum absolute atomic E-state index is 11.3. The number of carboxylic acids is 1. The second-order valence-corrected chi connectivity index (χ2v) is 6.75. The SMILES string of the molecule is CCOC(=O)/N=C(\OCCC(C)CCCC(C)C)SCC(=O)O. The number of carboxylic acid groups (broad SMARTS) is 1. The Hall–Kier alpha value is -1.24. The maximum Gasteiger partial charge on any atom is 0.437 e. The summed E-state index contributed by atoms with van der Waals surface area (Å²) in [5, 5.41) is 8.76. The summed E-state index contributed by atoms with van der Waals surface area (Å²) < 4.78 is 10.2. The number of carbonyl (C=O) groups excluding carboxylic acids is 1. The van der Waals surface area contributed by atoms with Crippen molar-refractivity contribution in [3.8, 4) is 0 Å². The molecule has 0 aliphatic carbocycles. The monoisotopic (exact) mass is 347 g/mol. The average Bonchev–Trinajstić information content (AvgIpc) is 2.44. The molecule has 6 nitrogen and oxygen atoms in total. The van der Waals surface area contributed by atoms with E-state index in [4.69, 9.17) is 14.6 Å². The molecule has 0 bridgehead atoms. The molecular weight excluding hydrogens is 318 g/mol. The summed E-state index contributed by atoms with van der Waals surface area (Å²) in [4.78, 5) is 25.6. The molecule has 0 radical (unpaired) electrons. The van der Waals surface area contributed by atoms with Gasteiger partial charge in [0, 0.05) is 0 Å². The van der Waals surface area contributed by atoms with Crippen LogP contribution in [0, 0.1) is 11.8 Å². The van der Waals surface area contributed by atoms with Gasteiger partial charge in [-0.25, -0.2) is 4.79 Å². The van der Waals surface area contributed by atoms with Crippen LogP contribution in [0.4, 0.5) is 4.79 Å². The Morgan fingerprint density at radius 2 is 1.83 bits per heavy atom. The minimum absolute atomic E-state index is 0.0558. The number of hydrogen-bond acceptors (Lipinski definition) is 5. The Morgan fingerprint density at radius 3 is 2.39 bits per heavy atom. The predicted molar refractivity (Wildman–Crippen MR) is 93.0 cm³/mol. The van der Waals surface area contributed by atoms with Crippen LogP contribution in [0.1, 0.15) is 53.4 Å². The number of ether oxygens (including phenoxy) is 2. The van der Waals surface area contributed by atoms with Gasteiger partial charge < -0.3 is 14.6 Å². The van der Waals surface area contributed by atoms with Crippen molar-refractivity contribution in [3.05, 3.63) is 0 Å². The zero-order valence-corrected chi connectivity index (χ0v) is 15.4. The Labute approximate surface area is 143 Å². The predicted octanol–water partition coefficient (Wildman–Crippen LogP) is 4.19. The van der Waals surface area contributed by atoms with Gasteiger partial charge in [0.25, 0.3) is 5.23 Å². The number of rotatable bonds is 10. The van der Waals surface area contributed by atoms with Crippen molar-refractivity contribution in [3.63, 3.8) is 0 Å². The summed E-state index contributed by atoms with van der Waals surface area (Å²) in [5.41, 5.74) is 0. The van der Waals surface area contributed by atoms with Gasteiger partial charge in [-0.05, 0) is 25.2 Å². The first-order chi connectivity index (χ1) is 10.8. The second-order valence-electron chi connectivity index (χ2n) is 5.83. The highest BCUT2D eigenvalue weighted by Gasteiger charge is 2.11. The van der Waals surface area contributed by atoms with Gasteiger partial charge in [-0.15, -0.1) is 4.99 Å². The van der Waals surface area contributed by atoms with Crippen LogP contribution in [0.5, 0.6) is 0 Å². The lowest BCUT2D eigenvalue weighted by atomic mass is 9.98. The minimum Gasteiger partial charge on any atom is -0.481 e. The van der Waals surface area contributed by atoms with E-state index in [1.807, 2.05) is 0 Å². The lowest BCUT2D eigenvalue weighted by Crippen LogP contribution is -2.12. The molecule has 0 aliphatic heterocycles. The fourth-order valence-corrected chi connectivity index (χ4v) is 2.38. The van der Waals surface area contributed by atoms with Gasteiger partial charge in [-0.3, -0.25) is 4.79 Å². The smallest absolute Gasteiger partial charge is 0.437 e. The van der Waals surface area contributed by atoms with Crippen LogP contribution in [0.2, 0.25) is 0 Å². The number of amides is 1. The molecule has 0 saturated heterocycles. The summed E-state index contributed by atoms with van der Waals surface area (Å²) in [5.74, 6) is 0.0378. The van der Waals surface area contributed by atoms with Crippen LogP contribution in [-0.2, 0) is 14.3 Å². The molecule has 0 aromatic heterocycles. The Bertz CT molecular complexity index is 385. The second kappa shape index (κ2) is 13.2. The van der Waals surface area contributed by atoms with E-state index in [9.17, 15) is 9.59 Å². The highest BCUT2D eigenvalue weighted by molar-refractivity contribution is 8.14. The van der Waals surface area contributed by atoms with Gasteiger partial charge in [0.05, 0.1) is 13.2 Å². The largest absolute Gasteiger partial charge is 0.481 e. The third-order valence-corrected chi connectivity index (χ3v) is 3.93. The topological polar surface area (TPSA) is 85.2 Å². The molecule has 0 saturated carbocycles. The van der Waals surface area contributed by atoms with Crippen molar-refractivity contribution in [1.82, 2.24) is 0 Å². The summed E-state index contributed by atoms with van der Waals surface area (Å²) >= 11 is 0.885. The number of nitrogens with zero attached hydrogens (tertiary/aromatic N) is 1. The quantitative estimate of drug-likeness (QED) is 0.471. The van der Waals surface area contributed by atoms with E-state index >= 15 is 0 Å². The zero-order chi connectivity index (χ0) is 17.7. The number of carbonyl (C=O) groups is 2. The van der Waals surface area contributed by atoms with Crippen LogP contribution >= 0.6 is 11.8 Å². The number of aliphatic carboxylic acids is 1. The first-order valence-electron chi connectivity index (χ1n) is 8.07. The molecular formula is C16H29NO5S. The van der Waals surface area contributed by atoms with E-state index in [-0.39, 0.29) is 17.6 Å². The van der Waals surface area contributed by atoms with Crippen molar-refractivity contribution >= 4 is 29.1 Å². The first-order valence-corrected chi connectivity index (χ1v) is 9.06. The van der Waals surface area contributed by atoms with E-state index in [1.54, 1.807) is 6.92 Å². The average molecular weight is 347 g/mol. The highest BCUT2D eigenvalue weighted by atomic mass is 32.2. The van der Waals surface area contributed by atoms with Crippen LogP contribution in [0.3, 0.4) is 0 Å². The molecule has 0 fully saturated rings. The number of thioether (sulfide) groups is 1. The Kier molecular flexibility index (Phi) is 12.5. The molecule has 7 heteroatoms. The van der Waals surface area contributed by atoms with Crippen LogP contribution in [0.15, 0.2) is 4.99 Å². The molecule has 1 N–H and O–H groups in total. The molecule has 0 aromatic carbocycles. The third-order valence-electron chi connectivity index (χ3n) is 3.08. The molecule has 0 rings (SSSR count). The maximum atomic E-state index is 11.3. The fourth-order valence-electron chi connectivity index (χ4n) is 1.83. The van der Waals surface area contributed by atoms with Crippen LogP contribution in [0.25, 0.3) is 0 Å². The first kappa shape index (κ1) is 21.8. The van der Waals surface area contributed by atoms with Crippen molar-refractivity contribution in [2.45, 2.75) is 53.4 Å². The lowest BCUT2D eigenvalue weighted by Gasteiger charge is -2.13. The van der Waals surface area contributed by atoms with Crippen LogP contribution in [-0.4, -0.2) is 41.4 Å². The van der Waals surface area contributed by atoms with Crippen molar-refractivity contribution in [2.24, 2.45) is 16.8 Å². The normalized spacial score (nSPS) is 13.0. The molecule has 0 aliphatic rings. The summed E-state index contributed by atoms with van der Waals surface area (Å²) in [7, 11) is 0. The van der Waals surface area contributed by atoms with Gasteiger partial charge in [-0.2, -0.15) is 0 Å². The van der Waals surface area contributed by atoms with Crippen molar-refractivity contribution < 1.29 is 24.2 Å². The van der Waals surface area contributed by atoms with Gasteiger partial charge >= 0.3 is 12.1 Å². The van der Waals surface area contributed by atoms with E-state index < -0.39 is 12.1 Å². The molecule has 1 atom stereocenters. The summed E-state index contributed by atoms with van der Waals surface area (Å²) in [6.07, 6.45) is 3.62. The van der Waals surface area contributed by atoms with Gasteiger partial charge in [-0.1, -0.05) is 51.8 Å². The Balaban J connectivity index is 4.21. The van der Waals surface area contributed by atoms with Crippen molar-refractivity contribution in [2.75, 3.05) is 19.0 Å². The standard InChI is InChI=1S/C16H29NO5S/c1-5-21-15(20)17-16(23-11-14(18)19)22-10-9-13(4)8-6-7-12(2)3/h12-13H,5-11H2,1-4H3,(H,18,19)/b17-16+. The molecule has 0 heterocycles. The minimum atomic E-state index is -0.989. The molecule has 134 valence electrons. The van der Waals surface area contributed by atoms with E-state index in [0.29, 0.717) is 18.4 Å². The summed E-state index contributed by atoms with van der Waals surface area (Å²) in [6.45, 7) is 8.89. The molecule has 1 amide bonds. The van der Waals surface area contributed by atoms with E-state index in [2.05, 4.69) is 25.8 Å². The third kappa shape index (κ3) is 14.1. The van der Waals surface area contributed by atoms with Gasteiger partial charge in [0.1, 0.15) is 5.75 Å². The molecule has 23 heavy (non-hydrogen) atoms. The number of hydrogen-bond donors (Lipinski definition) is 1. The summed E-state index contributed by atoms with van der Waals surface area (Å²) in [6, 6.07) is 0. The molecule has 0 spiro atoms. The zero-order valence-electron chi connectivity index (χ0n) is 14.5. The Morgan fingerprint density at radius 1 is 1.13 bits per heavy atom.